The van der Waals surface area contributed by atoms with Gasteiger partial charge in [0.15, 0.2) is 0 Å². The Bertz CT molecular complexity index is 2200. The smallest absolute Gasteiger partial charge is 0.213 e. The number of rotatable bonds is 2. The fourth-order valence-corrected chi connectivity index (χ4v) is 5.95. The molecule has 0 saturated carbocycles. The maximum atomic E-state index is 6.43. The van der Waals surface area contributed by atoms with Crippen LogP contribution in [-0.2, 0) is 0 Å². The number of hydrogen-bond donors (Lipinski definition) is 0. The molecule has 0 aliphatic carbocycles. The fourth-order valence-electron chi connectivity index (χ4n) is 5.95. The molecule has 38 heavy (non-hydrogen) atoms. The number of hydrogen-bond acceptors (Lipinski definition) is 4. The van der Waals surface area contributed by atoms with Crippen LogP contribution < -0.4 is 0 Å². The average Bonchev–Trinajstić information content (AvgIpc) is 3.69. The second-order valence-corrected chi connectivity index (χ2v) is 9.53. The van der Waals surface area contributed by atoms with Crippen molar-refractivity contribution in [3.63, 3.8) is 0 Å². The molecule has 0 aliphatic rings. The second kappa shape index (κ2) is 7.11. The molecule has 178 valence electrons. The minimum atomic E-state index is 0.805. The molecule has 3 aromatic carbocycles. The highest BCUT2D eigenvalue weighted by Gasteiger charge is 2.22. The van der Waals surface area contributed by atoms with E-state index in [0.29, 0.717) is 0 Å². The normalized spacial score (nSPS) is 12.2. The van der Waals surface area contributed by atoms with Crippen molar-refractivity contribution in [1.82, 2.24) is 19.1 Å². The van der Waals surface area contributed by atoms with E-state index in [9.17, 15) is 0 Å². The van der Waals surface area contributed by atoms with Crippen LogP contribution in [0.5, 0.6) is 0 Å². The first-order chi connectivity index (χ1) is 18.9. The van der Waals surface area contributed by atoms with Gasteiger partial charge in [0.1, 0.15) is 11.2 Å². The lowest BCUT2D eigenvalue weighted by Gasteiger charge is -2.10. The van der Waals surface area contributed by atoms with Gasteiger partial charge in [-0.05, 0) is 42.5 Å². The molecule has 0 spiro atoms. The lowest BCUT2D eigenvalue weighted by Crippen LogP contribution is -1.98. The molecule has 0 amide bonds. The van der Waals surface area contributed by atoms with Crippen LogP contribution in [0, 0.1) is 0 Å². The summed E-state index contributed by atoms with van der Waals surface area (Å²) in [7, 11) is 0. The molecule has 6 aromatic heterocycles. The van der Waals surface area contributed by atoms with E-state index in [-0.39, 0.29) is 0 Å². The quantitative estimate of drug-likeness (QED) is 0.245. The fraction of sp³-hybridized carbons (Fsp3) is 0. The van der Waals surface area contributed by atoms with E-state index < -0.39 is 0 Å². The first-order valence-electron chi connectivity index (χ1n) is 12.5. The third-order valence-electron chi connectivity index (χ3n) is 7.53. The predicted molar refractivity (Wildman–Crippen MR) is 150 cm³/mol. The van der Waals surface area contributed by atoms with Crippen LogP contribution in [0.2, 0.25) is 0 Å². The van der Waals surface area contributed by atoms with Gasteiger partial charge in [-0.1, -0.05) is 42.5 Å². The molecule has 0 atom stereocenters. The topological polar surface area (TPSA) is 61.9 Å². The molecule has 0 saturated heterocycles. The maximum Gasteiger partial charge on any atom is 0.213 e. The Morgan fingerprint density at radius 1 is 0.500 bits per heavy atom. The summed E-state index contributed by atoms with van der Waals surface area (Å²) in [5.74, 6) is 0. The number of nitrogens with zero attached hydrogens (tertiary/aromatic N) is 4. The van der Waals surface area contributed by atoms with Crippen molar-refractivity contribution in [2.24, 2.45) is 0 Å². The largest absolute Gasteiger partial charge is 0.439 e. The van der Waals surface area contributed by atoms with Crippen LogP contribution in [0.4, 0.5) is 0 Å². The van der Waals surface area contributed by atoms with Crippen LogP contribution in [0.15, 0.2) is 119 Å². The highest BCUT2D eigenvalue weighted by molar-refractivity contribution is 6.20. The number of para-hydroxylation sites is 2. The van der Waals surface area contributed by atoms with E-state index in [2.05, 4.69) is 67.6 Å². The van der Waals surface area contributed by atoms with Crippen molar-refractivity contribution < 1.29 is 8.83 Å². The van der Waals surface area contributed by atoms with Gasteiger partial charge in [-0.25, -0.2) is 0 Å². The molecule has 0 radical (unpaired) electrons. The second-order valence-electron chi connectivity index (χ2n) is 9.53. The molecule has 0 fully saturated rings. The Morgan fingerprint density at radius 3 is 1.53 bits per heavy atom. The van der Waals surface area contributed by atoms with Crippen molar-refractivity contribution in [1.29, 1.82) is 0 Å². The first kappa shape index (κ1) is 19.8. The summed E-state index contributed by atoms with van der Waals surface area (Å²) in [6, 6.07) is 28.9. The third kappa shape index (κ3) is 2.46. The molecule has 9 aromatic rings. The predicted octanol–water partition coefficient (Wildman–Crippen LogP) is 8.16. The third-order valence-corrected chi connectivity index (χ3v) is 7.53. The van der Waals surface area contributed by atoms with Gasteiger partial charge in [0.2, 0.25) is 11.4 Å². The number of pyridine rings is 2. The Labute approximate surface area is 215 Å². The van der Waals surface area contributed by atoms with Gasteiger partial charge in [-0.2, -0.15) is 0 Å². The van der Waals surface area contributed by atoms with Gasteiger partial charge >= 0.3 is 0 Å². The van der Waals surface area contributed by atoms with Gasteiger partial charge in [0, 0.05) is 33.9 Å². The summed E-state index contributed by atoms with van der Waals surface area (Å²) >= 11 is 0. The van der Waals surface area contributed by atoms with Crippen molar-refractivity contribution >= 4 is 65.9 Å². The number of benzene rings is 3. The monoisotopic (exact) mass is 490 g/mol. The van der Waals surface area contributed by atoms with Crippen molar-refractivity contribution in [3.8, 4) is 11.4 Å². The van der Waals surface area contributed by atoms with Crippen LogP contribution in [0.1, 0.15) is 0 Å². The summed E-state index contributed by atoms with van der Waals surface area (Å²) in [4.78, 5) is 8.88. The van der Waals surface area contributed by atoms with Crippen molar-refractivity contribution in [2.75, 3.05) is 0 Å². The molecule has 0 N–H and O–H groups in total. The molecule has 6 heterocycles. The number of aromatic nitrogens is 4. The van der Waals surface area contributed by atoms with Gasteiger partial charge in [0.05, 0.1) is 45.6 Å². The maximum absolute atomic E-state index is 6.43. The van der Waals surface area contributed by atoms with E-state index in [1.165, 1.54) is 0 Å². The zero-order chi connectivity index (χ0) is 24.8. The zero-order valence-corrected chi connectivity index (χ0v) is 20.0. The standard InChI is InChI=1S/C32H18N4O2/c1-3-10-27-23(8-1)29-21-12-14-33-17-25(21)35(31(29)37-27)19-6-5-7-20(16-19)36-26-18-34-15-13-22(26)30-24-9-2-4-11-28(24)38-32(30)36/h1-18H. The Hall–Kier alpha value is -5.36. The van der Waals surface area contributed by atoms with Crippen molar-refractivity contribution in [3.05, 3.63) is 110 Å². The number of fused-ring (bicyclic) bond motifs is 10. The van der Waals surface area contributed by atoms with Crippen LogP contribution in [-0.4, -0.2) is 19.1 Å². The van der Waals surface area contributed by atoms with Gasteiger partial charge in [0.25, 0.3) is 0 Å². The van der Waals surface area contributed by atoms with Gasteiger partial charge in [-0.15, -0.1) is 0 Å². The van der Waals surface area contributed by atoms with E-state index in [0.717, 1.165) is 77.3 Å². The Kier molecular flexibility index (Phi) is 3.70. The minimum absolute atomic E-state index is 0.805. The highest BCUT2D eigenvalue weighted by Crippen LogP contribution is 2.41. The molecule has 9 rings (SSSR count). The SMILES string of the molecule is c1cc(-n2c3cnccc3c3c4ccccc4oc32)cc(-n2c3cnccc3c3c4ccccc4oc32)c1. The van der Waals surface area contributed by atoms with E-state index in [1.54, 1.807) is 0 Å². The zero-order valence-electron chi connectivity index (χ0n) is 20.0. The summed E-state index contributed by atoms with van der Waals surface area (Å²) in [6.45, 7) is 0. The van der Waals surface area contributed by atoms with Crippen molar-refractivity contribution in [2.45, 2.75) is 0 Å². The Morgan fingerprint density at radius 2 is 1.00 bits per heavy atom. The van der Waals surface area contributed by atoms with Gasteiger partial charge < -0.3 is 8.83 Å². The molecular formula is C32H18N4O2. The summed E-state index contributed by atoms with van der Waals surface area (Å²) < 4.78 is 17.2. The van der Waals surface area contributed by atoms with E-state index in [1.807, 2.05) is 61.2 Å². The van der Waals surface area contributed by atoms with Crippen LogP contribution >= 0.6 is 0 Å². The summed E-state index contributed by atoms with van der Waals surface area (Å²) in [5, 5.41) is 6.61. The lowest BCUT2D eigenvalue weighted by atomic mass is 10.1. The van der Waals surface area contributed by atoms with Gasteiger partial charge in [-0.3, -0.25) is 19.1 Å². The van der Waals surface area contributed by atoms with Crippen LogP contribution in [0.25, 0.3) is 77.3 Å². The first-order valence-corrected chi connectivity index (χ1v) is 12.5. The molecule has 0 unspecified atom stereocenters. The number of furan rings is 2. The summed E-state index contributed by atoms with van der Waals surface area (Å²) in [5.41, 5.74) is 7.29. The molecule has 6 heteroatoms. The van der Waals surface area contributed by atoms with E-state index >= 15 is 0 Å². The average molecular weight is 491 g/mol. The molecule has 0 bridgehead atoms. The summed E-state index contributed by atoms with van der Waals surface area (Å²) in [6.07, 6.45) is 7.47. The minimum Gasteiger partial charge on any atom is -0.439 e. The van der Waals surface area contributed by atoms with E-state index in [4.69, 9.17) is 8.83 Å². The Balaban J connectivity index is 1.37. The lowest BCUT2D eigenvalue weighted by molar-refractivity contribution is 0.644. The highest BCUT2D eigenvalue weighted by atomic mass is 16.3. The van der Waals surface area contributed by atoms with Crippen LogP contribution in [0.3, 0.4) is 0 Å². The molecular weight excluding hydrogens is 472 g/mol. The molecule has 0 aliphatic heterocycles. The molecule has 6 nitrogen and oxygen atoms in total.